The Morgan fingerprint density at radius 1 is 1.21 bits per heavy atom. The third-order valence-electron chi connectivity index (χ3n) is 1.94. The first-order chi connectivity index (χ1) is 6.83. The molecule has 0 unspecified atom stereocenters. The van der Waals surface area contributed by atoms with E-state index in [1.54, 1.807) is 27.8 Å². The zero-order valence-corrected chi connectivity index (χ0v) is 9.24. The van der Waals surface area contributed by atoms with E-state index in [1.165, 1.54) is 0 Å². The number of nitrogens with one attached hydrogen (secondary N) is 1. The lowest BCUT2D eigenvalue weighted by atomic mass is 10.2. The van der Waals surface area contributed by atoms with Crippen molar-refractivity contribution in [3.8, 4) is 0 Å². The molecular weight excluding hydrogens is 214 g/mol. The lowest BCUT2D eigenvalue weighted by Gasteiger charge is -2.02. The van der Waals surface area contributed by atoms with Crippen LogP contribution in [0.15, 0.2) is 40.2 Å². The SMILES string of the molecule is CSSc1c[nH]c(=O)c2ccccc12. The summed E-state index contributed by atoms with van der Waals surface area (Å²) in [4.78, 5) is 15.3. The summed E-state index contributed by atoms with van der Waals surface area (Å²) in [7, 11) is 3.33. The number of benzene rings is 1. The van der Waals surface area contributed by atoms with Gasteiger partial charge in [0.25, 0.3) is 5.56 Å². The van der Waals surface area contributed by atoms with Crippen molar-refractivity contribution < 1.29 is 0 Å². The molecule has 2 nitrogen and oxygen atoms in total. The largest absolute Gasteiger partial charge is 0.327 e. The van der Waals surface area contributed by atoms with E-state index in [-0.39, 0.29) is 5.56 Å². The summed E-state index contributed by atoms with van der Waals surface area (Å²) in [5.74, 6) is 0. The molecule has 0 aliphatic heterocycles. The van der Waals surface area contributed by atoms with Gasteiger partial charge in [0.05, 0.1) is 0 Å². The summed E-state index contributed by atoms with van der Waals surface area (Å²) in [6, 6.07) is 7.65. The van der Waals surface area contributed by atoms with Crippen molar-refractivity contribution in [3.63, 3.8) is 0 Å². The first-order valence-corrected chi connectivity index (χ1v) is 6.70. The van der Waals surface area contributed by atoms with E-state index in [2.05, 4.69) is 4.98 Å². The maximum absolute atomic E-state index is 11.5. The molecule has 0 fully saturated rings. The molecule has 0 aliphatic rings. The van der Waals surface area contributed by atoms with E-state index in [4.69, 9.17) is 0 Å². The third-order valence-corrected chi connectivity index (χ3v) is 3.67. The Morgan fingerprint density at radius 2 is 1.93 bits per heavy atom. The molecular formula is C10H9NOS2. The maximum Gasteiger partial charge on any atom is 0.255 e. The van der Waals surface area contributed by atoms with Gasteiger partial charge in [0.2, 0.25) is 0 Å². The second-order valence-corrected chi connectivity index (χ2v) is 5.22. The molecule has 0 aliphatic carbocycles. The molecule has 1 heterocycles. The van der Waals surface area contributed by atoms with Gasteiger partial charge >= 0.3 is 0 Å². The Morgan fingerprint density at radius 3 is 2.64 bits per heavy atom. The van der Waals surface area contributed by atoms with Gasteiger partial charge in [-0.2, -0.15) is 0 Å². The minimum absolute atomic E-state index is 0.0222. The fraction of sp³-hybridized carbons (Fsp3) is 0.100. The van der Waals surface area contributed by atoms with Gasteiger partial charge < -0.3 is 4.98 Å². The van der Waals surface area contributed by atoms with E-state index < -0.39 is 0 Å². The number of rotatable bonds is 2. The van der Waals surface area contributed by atoms with Crippen LogP contribution < -0.4 is 5.56 Å². The van der Waals surface area contributed by atoms with Gasteiger partial charge in [-0.3, -0.25) is 4.79 Å². The summed E-state index contributed by atoms with van der Waals surface area (Å²) in [6.45, 7) is 0. The van der Waals surface area contributed by atoms with Gasteiger partial charge in [-0.05, 0) is 12.3 Å². The zero-order valence-electron chi connectivity index (χ0n) is 7.61. The number of aromatic nitrogens is 1. The summed E-state index contributed by atoms with van der Waals surface area (Å²) in [5, 5.41) is 1.78. The molecule has 0 spiro atoms. The van der Waals surface area contributed by atoms with E-state index in [1.807, 2.05) is 30.5 Å². The average Bonchev–Trinajstić information content (AvgIpc) is 2.23. The van der Waals surface area contributed by atoms with Gasteiger partial charge in [0, 0.05) is 21.9 Å². The first-order valence-electron chi connectivity index (χ1n) is 4.14. The van der Waals surface area contributed by atoms with Crippen LogP contribution in [0.1, 0.15) is 0 Å². The highest BCUT2D eigenvalue weighted by Crippen LogP contribution is 2.32. The smallest absolute Gasteiger partial charge is 0.255 e. The zero-order chi connectivity index (χ0) is 9.97. The molecule has 2 aromatic rings. The van der Waals surface area contributed by atoms with Crippen molar-refractivity contribution in [1.82, 2.24) is 4.98 Å². The molecule has 1 aromatic heterocycles. The summed E-state index contributed by atoms with van der Waals surface area (Å²) in [5.41, 5.74) is -0.0222. The summed E-state index contributed by atoms with van der Waals surface area (Å²) >= 11 is 0. The molecule has 0 bridgehead atoms. The minimum atomic E-state index is -0.0222. The standard InChI is InChI=1S/C10H9NOS2/c1-13-14-9-6-11-10(12)8-5-3-2-4-7(8)9/h2-6H,1H3,(H,11,12). The van der Waals surface area contributed by atoms with Crippen molar-refractivity contribution in [3.05, 3.63) is 40.8 Å². The predicted octanol–water partition coefficient (Wildman–Crippen LogP) is 2.90. The number of aromatic amines is 1. The topological polar surface area (TPSA) is 32.9 Å². The Balaban J connectivity index is 2.75. The van der Waals surface area contributed by atoms with Gasteiger partial charge in [-0.25, -0.2) is 0 Å². The highest BCUT2D eigenvalue weighted by Gasteiger charge is 2.03. The Labute approximate surface area is 89.5 Å². The number of hydrogen-bond acceptors (Lipinski definition) is 3. The molecule has 0 amide bonds. The van der Waals surface area contributed by atoms with Crippen LogP contribution in [0.4, 0.5) is 0 Å². The highest BCUT2D eigenvalue weighted by atomic mass is 33.1. The van der Waals surface area contributed by atoms with E-state index >= 15 is 0 Å². The molecule has 0 saturated heterocycles. The molecule has 0 radical (unpaired) electrons. The summed E-state index contributed by atoms with van der Waals surface area (Å²) in [6.07, 6.45) is 3.79. The molecule has 0 atom stereocenters. The monoisotopic (exact) mass is 223 g/mol. The number of hydrogen-bond donors (Lipinski definition) is 1. The number of fused-ring (bicyclic) bond motifs is 1. The molecule has 72 valence electrons. The van der Waals surface area contributed by atoms with Gasteiger partial charge in [-0.15, -0.1) is 0 Å². The van der Waals surface area contributed by atoms with Crippen LogP contribution in [0.25, 0.3) is 10.8 Å². The second kappa shape index (κ2) is 4.11. The van der Waals surface area contributed by atoms with Crippen molar-refractivity contribution in [2.45, 2.75) is 4.90 Å². The van der Waals surface area contributed by atoms with Crippen molar-refractivity contribution in [1.29, 1.82) is 0 Å². The Bertz CT molecular complexity index is 507. The molecule has 1 N–H and O–H groups in total. The van der Waals surface area contributed by atoms with Crippen LogP contribution in [-0.2, 0) is 0 Å². The highest BCUT2D eigenvalue weighted by molar-refractivity contribution is 8.76. The van der Waals surface area contributed by atoms with E-state index in [0.29, 0.717) is 0 Å². The van der Waals surface area contributed by atoms with Crippen LogP contribution in [-0.4, -0.2) is 11.2 Å². The van der Waals surface area contributed by atoms with Crippen LogP contribution in [0.5, 0.6) is 0 Å². The fourth-order valence-corrected chi connectivity index (χ4v) is 2.85. The van der Waals surface area contributed by atoms with Gasteiger partial charge in [0.1, 0.15) is 0 Å². The first kappa shape index (κ1) is 9.68. The van der Waals surface area contributed by atoms with Crippen LogP contribution in [0.2, 0.25) is 0 Å². The summed E-state index contributed by atoms with van der Waals surface area (Å²) < 4.78 is 0. The number of pyridine rings is 1. The molecule has 1 aromatic carbocycles. The molecule has 2 rings (SSSR count). The molecule has 4 heteroatoms. The lowest BCUT2D eigenvalue weighted by molar-refractivity contribution is 1.22. The minimum Gasteiger partial charge on any atom is -0.327 e. The average molecular weight is 223 g/mol. The van der Waals surface area contributed by atoms with Crippen molar-refractivity contribution >= 4 is 32.4 Å². The van der Waals surface area contributed by atoms with Crippen LogP contribution in [0, 0.1) is 0 Å². The normalized spacial score (nSPS) is 10.6. The van der Waals surface area contributed by atoms with Gasteiger partial charge in [-0.1, -0.05) is 39.8 Å². The van der Waals surface area contributed by atoms with Crippen molar-refractivity contribution in [2.75, 3.05) is 6.26 Å². The van der Waals surface area contributed by atoms with Crippen molar-refractivity contribution in [2.24, 2.45) is 0 Å². The predicted molar refractivity (Wildman–Crippen MR) is 63.9 cm³/mol. The van der Waals surface area contributed by atoms with Gasteiger partial charge in [0.15, 0.2) is 0 Å². The lowest BCUT2D eigenvalue weighted by Crippen LogP contribution is -2.04. The third kappa shape index (κ3) is 1.67. The quantitative estimate of drug-likeness (QED) is 0.795. The van der Waals surface area contributed by atoms with E-state index in [9.17, 15) is 4.79 Å². The maximum atomic E-state index is 11.5. The second-order valence-electron chi connectivity index (χ2n) is 2.78. The van der Waals surface area contributed by atoms with Crippen LogP contribution in [0.3, 0.4) is 0 Å². The Hall–Kier alpha value is -0.870. The number of H-pyrrole nitrogens is 1. The molecule has 14 heavy (non-hydrogen) atoms. The molecule has 0 saturated carbocycles. The Kier molecular flexibility index (Phi) is 2.84. The van der Waals surface area contributed by atoms with E-state index in [0.717, 1.165) is 15.7 Å². The fourth-order valence-electron chi connectivity index (χ4n) is 1.34. The van der Waals surface area contributed by atoms with Crippen LogP contribution >= 0.6 is 21.6 Å².